The lowest BCUT2D eigenvalue weighted by Gasteiger charge is -2.14. The zero-order chi connectivity index (χ0) is 18.1. The van der Waals surface area contributed by atoms with Crippen LogP contribution in [0.15, 0.2) is 24.3 Å². The molecule has 3 rings (SSSR count). The summed E-state index contributed by atoms with van der Waals surface area (Å²) in [6.07, 6.45) is 0.795. The Balaban J connectivity index is 1.81. The van der Waals surface area contributed by atoms with Gasteiger partial charge in [-0.2, -0.15) is 0 Å². The molecule has 132 valence electrons. The van der Waals surface area contributed by atoms with Gasteiger partial charge in [-0.05, 0) is 37.6 Å². The summed E-state index contributed by atoms with van der Waals surface area (Å²) >= 11 is 1.70. The molecule has 2 N–H and O–H groups in total. The summed E-state index contributed by atoms with van der Waals surface area (Å²) < 4.78 is 10.5. The zero-order valence-corrected chi connectivity index (χ0v) is 15.0. The average molecular weight is 361 g/mol. The Bertz CT molecular complexity index is 829. The van der Waals surface area contributed by atoms with Crippen molar-refractivity contribution in [3.05, 3.63) is 39.6 Å². The van der Waals surface area contributed by atoms with Crippen molar-refractivity contribution in [1.82, 2.24) is 0 Å². The van der Waals surface area contributed by atoms with Crippen LogP contribution in [0.5, 0.6) is 11.5 Å². The highest BCUT2D eigenvalue weighted by Gasteiger charge is 2.45. The van der Waals surface area contributed by atoms with Gasteiger partial charge in [-0.3, -0.25) is 4.79 Å². The quantitative estimate of drug-likeness (QED) is 0.822. The average Bonchev–Trinajstić information content (AvgIpc) is 3.28. The molecular weight excluding hydrogens is 342 g/mol. The van der Waals surface area contributed by atoms with Crippen molar-refractivity contribution in [2.45, 2.75) is 19.3 Å². The van der Waals surface area contributed by atoms with Crippen LogP contribution in [0.4, 0.5) is 5.69 Å². The highest BCUT2D eigenvalue weighted by Crippen LogP contribution is 2.50. The minimum Gasteiger partial charge on any atom is -0.493 e. The number of rotatable bonds is 6. The highest BCUT2D eigenvalue weighted by molar-refractivity contribution is 7.12. The monoisotopic (exact) mass is 361 g/mol. The SMILES string of the molecule is COc1cc(C(=O)O)cc(NC(=O)[C@H]2C[C@H]2c2ccc(C)s2)c1OC. The van der Waals surface area contributed by atoms with Gasteiger partial charge in [-0.15, -0.1) is 11.3 Å². The Morgan fingerprint density at radius 2 is 2.00 bits per heavy atom. The minimum absolute atomic E-state index is 0.0224. The van der Waals surface area contributed by atoms with Crippen LogP contribution in [0.1, 0.15) is 32.5 Å². The molecule has 1 aromatic heterocycles. The van der Waals surface area contributed by atoms with Crippen LogP contribution in [-0.2, 0) is 4.79 Å². The summed E-state index contributed by atoms with van der Waals surface area (Å²) in [6.45, 7) is 2.04. The Hall–Kier alpha value is -2.54. The number of ether oxygens (including phenoxy) is 2. The van der Waals surface area contributed by atoms with Crippen LogP contribution in [0, 0.1) is 12.8 Å². The second-order valence-electron chi connectivity index (χ2n) is 5.95. The van der Waals surface area contributed by atoms with Crippen molar-refractivity contribution in [2.24, 2.45) is 5.92 Å². The van der Waals surface area contributed by atoms with Crippen molar-refractivity contribution in [3.8, 4) is 11.5 Å². The van der Waals surface area contributed by atoms with Crippen molar-refractivity contribution in [2.75, 3.05) is 19.5 Å². The summed E-state index contributed by atoms with van der Waals surface area (Å²) in [5.74, 6) is -0.547. The molecule has 0 aliphatic heterocycles. The third-order valence-corrected chi connectivity index (χ3v) is 5.37. The maximum absolute atomic E-state index is 12.6. The molecule has 2 atom stereocenters. The van der Waals surface area contributed by atoms with E-state index in [9.17, 15) is 14.7 Å². The van der Waals surface area contributed by atoms with E-state index in [0.29, 0.717) is 11.4 Å². The third kappa shape index (κ3) is 3.46. The van der Waals surface area contributed by atoms with Gasteiger partial charge in [-0.25, -0.2) is 4.79 Å². The first kappa shape index (κ1) is 17.3. The number of benzene rings is 1. The first-order chi connectivity index (χ1) is 11.9. The number of carbonyl (C=O) groups is 2. The van der Waals surface area contributed by atoms with Crippen LogP contribution in [0.3, 0.4) is 0 Å². The topological polar surface area (TPSA) is 84.9 Å². The molecule has 1 aromatic carbocycles. The fourth-order valence-corrected chi connectivity index (χ4v) is 3.91. The number of thiophene rings is 1. The summed E-state index contributed by atoms with van der Waals surface area (Å²) in [4.78, 5) is 26.3. The molecule has 6 nitrogen and oxygen atoms in total. The molecule has 1 aliphatic carbocycles. The van der Waals surface area contributed by atoms with Gasteiger partial charge in [0.1, 0.15) is 0 Å². The molecule has 1 heterocycles. The Morgan fingerprint density at radius 1 is 1.24 bits per heavy atom. The lowest BCUT2D eigenvalue weighted by molar-refractivity contribution is -0.117. The van der Waals surface area contributed by atoms with Gasteiger partial charge in [0.05, 0.1) is 25.5 Å². The van der Waals surface area contributed by atoms with E-state index in [0.717, 1.165) is 6.42 Å². The number of hydrogen-bond donors (Lipinski definition) is 2. The van der Waals surface area contributed by atoms with Gasteiger partial charge < -0.3 is 19.9 Å². The Kier molecular flexibility index (Phi) is 4.67. The number of nitrogens with one attached hydrogen (secondary N) is 1. The minimum atomic E-state index is -1.10. The molecular formula is C18H19NO5S. The first-order valence-electron chi connectivity index (χ1n) is 7.81. The van der Waals surface area contributed by atoms with Gasteiger partial charge >= 0.3 is 5.97 Å². The number of carbonyl (C=O) groups excluding carboxylic acids is 1. The number of carboxylic acid groups (broad SMARTS) is 1. The molecule has 25 heavy (non-hydrogen) atoms. The predicted octanol–water partition coefficient (Wildman–Crippen LogP) is 3.51. The molecule has 0 saturated heterocycles. The van der Waals surface area contributed by atoms with Gasteiger partial charge in [0.15, 0.2) is 11.5 Å². The smallest absolute Gasteiger partial charge is 0.335 e. The molecule has 2 aromatic rings. The van der Waals surface area contributed by atoms with Gasteiger partial charge in [0, 0.05) is 21.6 Å². The van der Waals surface area contributed by atoms with Crippen LogP contribution in [0.25, 0.3) is 0 Å². The number of hydrogen-bond acceptors (Lipinski definition) is 5. The Morgan fingerprint density at radius 3 is 2.56 bits per heavy atom. The highest BCUT2D eigenvalue weighted by atomic mass is 32.1. The summed E-state index contributed by atoms with van der Waals surface area (Å²) in [7, 11) is 2.87. The normalized spacial score (nSPS) is 18.5. The molecule has 7 heteroatoms. The van der Waals surface area contributed by atoms with Crippen LogP contribution < -0.4 is 14.8 Å². The molecule has 0 radical (unpaired) electrons. The molecule has 0 spiro atoms. The fourth-order valence-electron chi connectivity index (χ4n) is 2.86. The molecule has 0 unspecified atom stereocenters. The molecule has 1 aliphatic rings. The zero-order valence-electron chi connectivity index (χ0n) is 14.2. The molecule has 1 fully saturated rings. The maximum atomic E-state index is 12.6. The van der Waals surface area contributed by atoms with E-state index in [1.54, 1.807) is 11.3 Å². The van der Waals surface area contributed by atoms with Crippen LogP contribution in [0.2, 0.25) is 0 Å². The predicted molar refractivity (Wildman–Crippen MR) is 95.0 cm³/mol. The van der Waals surface area contributed by atoms with E-state index in [2.05, 4.69) is 17.4 Å². The van der Waals surface area contributed by atoms with Crippen molar-refractivity contribution in [1.29, 1.82) is 0 Å². The number of methoxy groups -OCH3 is 2. The first-order valence-corrected chi connectivity index (χ1v) is 8.62. The second-order valence-corrected chi connectivity index (χ2v) is 7.27. The van der Waals surface area contributed by atoms with Crippen molar-refractivity contribution in [3.63, 3.8) is 0 Å². The fraction of sp³-hybridized carbons (Fsp3) is 0.333. The number of aromatic carboxylic acids is 1. The van der Waals surface area contributed by atoms with Gasteiger partial charge in [0.2, 0.25) is 5.91 Å². The molecule has 1 amide bonds. The maximum Gasteiger partial charge on any atom is 0.335 e. The lowest BCUT2D eigenvalue weighted by atomic mass is 10.1. The summed E-state index contributed by atoms with van der Waals surface area (Å²) in [5, 5.41) is 12.0. The van der Waals surface area contributed by atoms with Crippen LogP contribution >= 0.6 is 11.3 Å². The van der Waals surface area contributed by atoms with Gasteiger partial charge in [0.25, 0.3) is 0 Å². The van der Waals surface area contributed by atoms with E-state index >= 15 is 0 Å². The third-order valence-electron chi connectivity index (χ3n) is 4.24. The number of anilines is 1. The van der Waals surface area contributed by atoms with E-state index in [4.69, 9.17) is 9.47 Å². The number of carboxylic acids is 1. The van der Waals surface area contributed by atoms with Crippen LogP contribution in [-0.4, -0.2) is 31.2 Å². The van der Waals surface area contributed by atoms with Crippen molar-refractivity contribution >= 4 is 28.9 Å². The van der Waals surface area contributed by atoms with E-state index in [1.165, 1.54) is 36.1 Å². The summed E-state index contributed by atoms with van der Waals surface area (Å²) in [5.41, 5.74) is 0.325. The van der Waals surface area contributed by atoms with Gasteiger partial charge in [-0.1, -0.05) is 0 Å². The van der Waals surface area contributed by atoms with E-state index < -0.39 is 5.97 Å². The lowest BCUT2D eigenvalue weighted by Crippen LogP contribution is -2.16. The number of aryl methyl sites for hydroxylation is 1. The largest absolute Gasteiger partial charge is 0.493 e. The number of amides is 1. The van der Waals surface area contributed by atoms with Crippen molar-refractivity contribution < 1.29 is 24.2 Å². The van der Waals surface area contributed by atoms with E-state index in [1.807, 2.05) is 6.92 Å². The second kappa shape index (κ2) is 6.76. The standard InChI is InChI=1S/C18H19NO5S/c1-9-4-5-15(25-9)11-8-12(11)17(20)19-13-6-10(18(21)22)7-14(23-2)16(13)24-3/h4-7,11-12H,8H2,1-3H3,(H,19,20)(H,21,22)/t11-,12+/m1/s1. The molecule has 0 bridgehead atoms. The summed E-state index contributed by atoms with van der Waals surface area (Å²) in [6, 6.07) is 6.86. The Labute approximate surface area is 149 Å². The van der Waals surface area contributed by atoms with E-state index in [-0.39, 0.29) is 29.1 Å². The molecule has 1 saturated carbocycles.